The zero-order valence-electron chi connectivity index (χ0n) is 8.72. The van der Waals surface area contributed by atoms with Gasteiger partial charge in [-0.05, 0) is 12.8 Å². The number of carbonyl (C=O) groups excluding carboxylic acids is 1. The molecule has 78 valence electrons. The molecule has 0 heterocycles. The number of nitrogens with one attached hydrogen (secondary N) is 1. The first-order valence-electron chi connectivity index (χ1n) is 5.56. The van der Waals surface area contributed by atoms with Crippen molar-refractivity contribution in [3.8, 4) is 12.3 Å². The molecule has 1 saturated carbocycles. The van der Waals surface area contributed by atoms with Gasteiger partial charge in [0.1, 0.15) is 0 Å². The molecule has 0 saturated heterocycles. The van der Waals surface area contributed by atoms with Gasteiger partial charge in [0.05, 0.1) is 6.54 Å². The minimum absolute atomic E-state index is 0.157. The van der Waals surface area contributed by atoms with Crippen LogP contribution in [0, 0.1) is 18.3 Å². The Kier molecular flexibility index (Phi) is 5.14. The number of hydrogen-bond acceptors (Lipinski definition) is 1. The van der Waals surface area contributed by atoms with E-state index in [-0.39, 0.29) is 11.8 Å². The summed E-state index contributed by atoms with van der Waals surface area (Å²) in [6.07, 6.45) is 13.4. The molecule has 1 amide bonds. The highest BCUT2D eigenvalue weighted by Gasteiger charge is 2.18. The molecule has 0 aromatic rings. The highest BCUT2D eigenvalue weighted by Crippen LogP contribution is 2.22. The van der Waals surface area contributed by atoms with Gasteiger partial charge >= 0.3 is 0 Å². The van der Waals surface area contributed by atoms with Crippen molar-refractivity contribution in [2.45, 2.75) is 44.9 Å². The summed E-state index contributed by atoms with van der Waals surface area (Å²) in [5.41, 5.74) is 0. The Morgan fingerprint density at radius 1 is 1.21 bits per heavy atom. The Labute approximate surface area is 86.5 Å². The second-order valence-corrected chi connectivity index (χ2v) is 3.96. The molecule has 0 aromatic heterocycles. The first-order chi connectivity index (χ1) is 6.84. The average Bonchev–Trinajstić information content (AvgIpc) is 2.13. The monoisotopic (exact) mass is 193 g/mol. The Morgan fingerprint density at radius 2 is 1.79 bits per heavy atom. The van der Waals surface area contributed by atoms with Gasteiger partial charge < -0.3 is 5.32 Å². The molecule has 0 radical (unpaired) electrons. The van der Waals surface area contributed by atoms with Crippen LogP contribution in [0.4, 0.5) is 0 Å². The van der Waals surface area contributed by atoms with Crippen molar-refractivity contribution in [3.05, 3.63) is 0 Å². The third-order valence-corrected chi connectivity index (χ3v) is 2.84. The highest BCUT2D eigenvalue weighted by atomic mass is 16.1. The van der Waals surface area contributed by atoms with Gasteiger partial charge in [-0.3, -0.25) is 4.79 Å². The SMILES string of the molecule is C#CCNC(=O)C1CCCCCCC1. The summed E-state index contributed by atoms with van der Waals surface area (Å²) < 4.78 is 0. The molecule has 1 N–H and O–H groups in total. The number of carbonyl (C=O) groups is 1. The highest BCUT2D eigenvalue weighted by molar-refractivity contribution is 5.78. The van der Waals surface area contributed by atoms with Crippen LogP contribution in [0.15, 0.2) is 0 Å². The predicted molar refractivity (Wildman–Crippen MR) is 57.7 cm³/mol. The Morgan fingerprint density at radius 3 is 2.36 bits per heavy atom. The van der Waals surface area contributed by atoms with E-state index in [0.29, 0.717) is 6.54 Å². The number of hydrogen-bond donors (Lipinski definition) is 1. The second kappa shape index (κ2) is 6.48. The molecule has 0 spiro atoms. The van der Waals surface area contributed by atoms with Crippen LogP contribution >= 0.6 is 0 Å². The van der Waals surface area contributed by atoms with Crippen LogP contribution in [0.1, 0.15) is 44.9 Å². The number of rotatable bonds is 2. The van der Waals surface area contributed by atoms with E-state index >= 15 is 0 Å². The van der Waals surface area contributed by atoms with Crippen molar-refractivity contribution in [2.24, 2.45) is 5.92 Å². The minimum Gasteiger partial charge on any atom is -0.345 e. The summed E-state index contributed by atoms with van der Waals surface area (Å²) in [7, 11) is 0. The third kappa shape index (κ3) is 3.83. The molecule has 1 aliphatic carbocycles. The maximum Gasteiger partial charge on any atom is 0.223 e. The molecular formula is C12H19NO. The fraction of sp³-hybridized carbons (Fsp3) is 0.750. The normalized spacial score (nSPS) is 19.1. The minimum atomic E-state index is 0.157. The van der Waals surface area contributed by atoms with E-state index in [1.54, 1.807) is 0 Å². The van der Waals surface area contributed by atoms with Crippen LogP contribution in [0.3, 0.4) is 0 Å². The fourth-order valence-electron chi connectivity index (χ4n) is 2.00. The van der Waals surface area contributed by atoms with Crippen molar-refractivity contribution in [2.75, 3.05) is 6.54 Å². The van der Waals surface area contributed by atoms with Crippen molar-refractivity contribution in [1.29, 1.82) is 0 Å². The summed E-state index contributed by atoms with van der Waals surface area (Å²) in [5.74, 6) is 2.80. The maximum absolute atomic E-state index is 11.6. The fourth-order valence-corrected chi connectivity index (χ4v) is 2.00. The molecule has 2 nitrogen and oxygen atoms in total. The third-order valence-electron chi connectivity index (χ3n) is 2.84. The summed E-state index contributed by atoms with van der Waals surface area (Å²) in [5, 5.41) is 2.78. The summed E-state index contributed by atoms with van der Waals surface area (Å²) >= 11 is 0. The van der Waals surface area contributed by atoms with Crippen LogP contribution in [-0.2, 0) is 4.79 Å². The quantitative estimate of drug-likeness (QED) is 0.668. The first kappa shape index (κ1) is 11.1. The van der Waals surface area contributed by atoms with E-state index in [1.807, 2.05) is 0 Å². The van der Waals surface area contributed by atoms with Gasteiger partial charge in [0, 0.05) is 5.92 Å². The smallest absolute Gasteiger partial charge is 0.223 e. The second-order valence-electron chi connectivity index (χ2n) is 3.96. The molecular weight excluding hydrogens is 174 g/mol. The molecule has 1 rings (SSSR count). The molecule has 0 bridgehead atoms. The zero-order valence-corrected chi connectivity index (χ0v) is 8.72. The van der Waals surface area contributed by atoms with E-state index in [1.165, 1.54) is 32.1 Å². The van der Waals surface area contributed by atoms with Gasteiger partial charge in [0.25, 0.3) is 0 Å². The van der Waals surface area contributed by atoms with E-state index in [0.717, 1.165) is 12.8 Å². The molecule has 0 unspecified atom stereocenters. The van der Waals surface area contributed by atoms with Crippen molar-refractivity contribution < 1.29 is 4.79 Å². The number of terminal acetylenes is 1. The van der Waals surface area contributed by atoms with Gasteiger partial charge in [-0.2, -0.15) is 0 Å². The topological polar surface area (TPSA) is 29.1 Å². The van der Waals surface area contributed by atoms with E-state index in [4.69, 9.17) is 6.42 Å². The molecule has 0 aliphatic heterocycles. The zero-order chi connectivity index (χ0) is 10.2. The summed E-state index contributed by atoms with van der Waals surface area (Å²) in [6, 6.07) is 0. The van der Waals surface area contributed by atoms with Gasteiger partial charge in [0.15, 0.2) is 0 Å². The van der Waals surface area contributed by atoms with Gasteiger partial charge in [-0.15, -0.1) is 6.42 Å². The van der Waals surface area contributed by atoms with Crippen LogP contribution in [0.2, 0.25) is 0 Å². The Balaban J connectivity index is 2.32. The van der Waals surface area contributed by atoms with Gasteiger partial charge in [-0.25, -0.2) is 0 Å². The summed E-state index contributed by atoms with van der Waals surface area (Å²) in [6.45, 7) is 0.370. The van der Waals surface area contributed by atoms with Gasteiger partial charge in [0.2, 0.25) is 5.91 Å². The molecule has 2 heteroatoms. The first-order valence-corrected chi connectivity index (χ1v) is 5.56. The molecule has 0 aromatic carbocycles. The lowest BCUT2D eigenvalue weighted by Crippen LogP contribution is -2.31. The van der Waals surface area contributed by atoms with E-state index in [9.17, 15) is 4.79 Å². The number of amides is 1. The van der Waals surface area contributed by atoms with Crippen LogP contribution in [0.5, 0.6) is 0 Å². The van der Waals surface area contributed by atoms with Crippen LogP contribution < -0.4 is 5.32 Å². The molecule has 1 fully saturated rings. The average molecular weight is 193 g/mol. The lowest BCUT2D eigenvalue weighted by atomic mass is 9.90. The predicted octanol–water partition coefficient (Wildman–Crippen LogP) is 2.10. The largest absolute Gasteiger partial charge is 0.345 e. The maximum atomic E-state index is 11.6. The van der Waals surface area contributed by atoms with Crippen LogP contribution in [-0.4, -0.2) is 12.5 Å². The van der Waals surface area contributed by atoms with Crippen molar-refractivity contribution in [1.82, 2.24) is 5.32 Å². The van der Waals surface area contributed by atoms with Crippen molar-refractivity contribution >= 4 is 5.91 Å². The van der Waals surface area contributed by atoms with Gasteiger partial charge in [-0.1, -0.05) is 38.0 Å². The summed E-state index contributed by atoms with van der Waals surface area (Å²) in [4.78, 5) is 11.6. The standard InChI is InChI=1S/C12H19NO/c1-2-10-13-12(14)11-8-6-4-3-5-7-9-11/h1,11H,3-10H2,(H,13,14). The van der Waals surface area contributed by atoms with E-state index < -0.39 is 0 Å². The Bertz CT molecular complexity index is 209. The molecule has 0 atom stereocenters. The lowest BCUT2D eigenvalue weighted by Gasteiger charge is -2.18. The van der Waals surface area contributed by atoms with Crippen molar-refractivity contribution in [3.63, 3.8) is 0 Å². The van der Waals surface area contributed by atoms with Crippen LogP contribution in [0.25, 0.3) is 0 Å². The Hall–Kier alpha value is -0.970. The molecule has 14 heavy (non-hydrogen) atoms. The lowest BCUT2D eigenvalue weighted by molar-refractivity contribution is -0.125. The molecule has 1 aliphatic rings. The van der Waals surface area contributed by atoms with E-state index in [2.05, 4.69) is 11.2 Å².